The third-order valence-corrected chi connectivity index (χ3v) is 4.84. The average Bonchev–Trinajstić information content (AvgIpc) is 2.91. The molecule has 1 aliphatic carbocycles. The normalized spacial score (nSPS) is 17.2. The lowest BCUT2D eigenvalue weighted by molar-refractivity contribution is -0.132. The molecule has 0 aromatic carbocycles. The number of amides is 2. The number of anilines is 1. The van der Waals surface area contributed by atoms with Crippen LogP contribution in [0, 0.1) is 5.41 Å². The van der Waals surface area contributed by atoms with E-state index in [0.29, 0.717) is 18.0 Å². The highest BCUT2D eigenvalue weighted by Crippen LogP contribution is 2.42. The second kappa shape index (κ2) is 7.02. The van der Waals surface area contributed by atoms with Crippen molar-refractivity contribution in [1.82, 2.24) is 9.88 Å². The van der Waals surface area contributed by atoms with E-state index in [1.807, 2.05) is 5.38 Å². The number of thiazole rings is 1. The summed E-state index contributed by atoms with van der Waals surface area (Å²) in [6.07, 6.45) is 7.86. The summed E-state index contributed by atoms with van der Waals surface area (Å²) in [5, 5.41) is 5.30. The lowest BCUT2D eigenvalue weighted by atomic mass is 9.69. The van der Waals surface area contributed by atoms with Gasteiger partial charge in [-0.25, -0.2) is 4.98 Å². The van der Waals surface area contributed by atoms with Gasteiger partial charge in [0.15, 0.2) is 5.13 Å². The molecule has 1 aliphatic rings. The monoisotopic (exact) mass is 309 g/mol. The fourth-order valence-corrected chi connectivity index (χ4v) is 3.53. The van der Waals surface area contributed by atoms with E-state index in [1.165, 1.54) is 17.8 Å². The summed E-state index contributed by atoms with van der Waals surface area (Å²) in [5.74, 6) is 0.0809. The summed E-state index contributed by atoms with van der Waals surface area (Å²) >= 11 is 1.41. The summed E-state index contributed by atoms with van der Waals surface area (Å²) < 4.78 is 0. The number of nitrogens with zero attached hydrogens (tertiary/aromatic N) is 2. The minimum absolute atomic E-state index is 0.0293. The molecule has 1 heterocycles. The van der Waals surface area contributed by atoms with Crippen molar-refractivity contribution < 1.29 is 9.59 Å². The van der Waals surface area contributed by atoms with Crippen LogP contribution in [-0.2, 0) is 9.59 Å². The van der Waals surface area contributed by atoms with Gasteiger partial charge in [-0.1, -0.05) is 19.3 Å². The molecule has 2 rings (SSSR count). The quantitative estimate of drug-likeness (QED) is 0.909. The summed E-state index contributed by atoms with van der Waals surface area (Å²) in [5.41, 5.74) is -0.180. The minimum Gasteiger partial charge on any atom is -0.349 e. The molecule has 5 nitrogen and oxygen atoms in total. The van der Waals surface area contributed by atoms with E-state index in [9.17, 15) is 9.59 Å². The zero-order chi connectivity index (χ0) is 15.3. The van der Waals surface area contributed by atoms with Crippen LogP contribution < -0.4 is 5.32 Å². The first-order chi connectivity index (χ1) is 10.0. The molecule has 0 atom stereocenters. The van der Waals surface area contributed by atoms with Crippen LogP contribution in [0.4, 0.5) is 5.13 Å². The molecule has 0 radical (unpaired) electrons. The smallest absolute Gasteiger partial charge is 0.226 e. The van der Waals surface area contributed by atoms with Crippen molar-refractivity contribution in [1.29, 1.82) is 0 Å². The van der Waals surface area contributed by atoms with Crippen molar-refractivity contribution in [2.24, 2.45) is 5.41 Å². The molecule has 116 valence electrons. The number of hydrogen-bond donors (Lipinski definition) is 1. The van der Waals surface area contributed by atoms with E-state index in [0.717, 1.165) is 25.7 Å². The van der Waals surface area contributed by atoms with Crippen LogP contribution in [-0.4, -0.2) is 35.8 Å². The molecule has 2 amide bonds. The molecule has 0 spiro atoms. The van der Waals surface area contributed by atoms with Gasteiger partial charge in [-0.15, -0.1) is 11.3 Å². The zero-order valence-electron chi connectivity index (χ0n) is 12.7. The van der Waals surface area contributed by atoms with Gasteiger partial charge in [-0.3, -0.25) is 9.59 Å². The summed E-state index contributed by atoms with van der Waals surface area (Å²) in [4.78, 5) is 30.1. The fraction of sp³-hybridized carbons (Fsp3) is 0.667. The number of carbonyl (C=O) groups is 2. The Kier molecular flexibility index (Phi) is 5.33. The van der Waals surface area contributed by atoms with E-state index >= 15 is 0 Å². The summed E-state index contributed by atoms with van der Waals surface area (Å²) in [6, 6.07) is 0. The second-order valence-corrected chi connectivity index (χ2v) is 6.98. The first-order valence-electron chi connectivity index (χ1n) is 7.40. The molecule has 1 saturated carbocycles. The van der Waals surface area contributed by atoms with Gasteiger partial charge >= 0.3 is 0 Å². The van der Waals surface area contributed by atoms with Crippen LogP contribution in [0.5, 0.6) is 0 Å². The highest BCUT2D eigenvalue weighted by Gasteiger charge is 2.36. The van der Waals surface area contributed by atoms with Crippen LogP contribution in [0.15, 0.2) is 11.6 Å². The Morgan fingerprint density at radius 1 is 1.29 bits per heavy atom. The maximum atomic E-state index is 12.3. The van der Waals surface area contributed by atoms with Gasteiger partial charge in [-0.2, -0.15) is 0 Å². The van der Waals surface area contributed by atoms with Crippen LogP contribution in [0.1, 0.15) is 44.9 Å². The van der Waals surface area contributed by atoms with Gasteiger partial charge < -0.3 is 10.2 Å². The van der Waals surface area contributed by atoms with Crippen molar-refractivity contribution >= 4 is 28.3 Å². The van der Waals surface area contributed by atoms with Gasteiger partial charge in [0.1, 0.15) is 0 Å². The lowest BCUT2D eigenvalue weighted by Gasteiger charge is -2.37. The molecule has 1 fully saturated rings. The molecule has 6 heteroatoms. The van der Waals surface area contributed by atoms with Crippen molar-refractivity contribution in [3.05, 3.63) is 11.6 Å². The van der Waals surface area contributed by atoms with Gasteiger partial charge in [0, 0.05) is 38.5 Å². The maximum absolute atomic E-state index is 12.3. The van der Waals surface area contributed by atoms with Gasteiger partial charge in [0.2, 0.25) is 11.8 Å². The van der Waals surface area contributed by atoms with Crippen LogP contribution >= 0.6 is 11.3 Å². The Hall–Kier alpha value is -1.43. The van der Waals surface area contributed by atoms with Gasteiger partial charge in [0.05, 0.1) is 0 Å². The molecular formula is C15H23N3O2S. The molecule has 0 unspecified atom stereocenters. The Labute approximate surface area is 129 Å². The third-order valence-electron chi connectivity index (χ3n) is 4.15. The highest BCUT2D eigenvalue weighted by atomic mass is 32.1. The predicted octanol–water partition coefficient (Wildman–Crippen LogP) is 2.90. The molecular weight excluding hydrogens is 286 g/mol. The zero-order valence-corrected chi connectivity index (χ0v) is 13.5. The van der Waals surface area contributed by atoms with Crippen LogP contribution in [0.2, 0.25) is 0 Å². The number of rotatable bonds is 5. The minimum atomic E-state index is -0.180. The predicted molar refractivity (Wildman–Crippen MR) is 84.2 cm³/mol. The Bertz CT molecular complexity index is 479. The lowest BCUT2D eigenvalue weighted by Crippen LogP contribution is -2.35. The molecule has 0 aliphatic heterocycles. The first kappa shape index (κ1) is 15.9. The van der Waals surface area contributed by atoms with Crippen molar-refractivity contribution in [2.45, 2.75) is 44.9 Å². The van der Waals surface area contributed by atoms with E-state index < -0.39 is 0 Å². The van der Waals surface area contributed by atoms with Crippen LogP contribution in [0.3, 0.4) is 0 Å². The maximum Gasteiger partial charge on any atom is 0.226 e. The number of carbonyl (C=O) groups excluding carboxylic acids is 2. The summed E-state index contributed by atoms with van der Waals surface area (Å²) in [7, 11) is 3.54. The standard InChI is InChI=1S/C15H23N3O2S/c1-18(2)13(20)11-15(6-4-3-5-7-15)10-12(19)17-14-16-8-9-21-14/h8-9H,3-7,10-11H2,1-2H3,(H,16,17,19). The van der Waals surface area contributed by atoms with Crippen LogP contribution in [0.25, 0.3) is 0 Å². The Morgan fingerprint density at radius 3 is 2.57 bits per heavy atom. The van der Waals surface area contributed by atoms with E-state index in [2.05, 4.69) is 10.3 Å². The Morgan fingerprint density at radius 2 is 2.00 bits per heavy atom. The number of nitrogens with one attached hydrogen (secondary N) is 1. The molecule has 0 saturated heterocycles. The second-order valence-electron chi connectivity index (χ2n) is 6.09. The van der Waals surface area contributed by atoms with Crippen molar-refractivity contribution in [3.63, 3.8) is 0 Å². The Balaban J connectivity index is 2.01. The fourth-order valence-electron chi connectivity index (χ4n) is 2.99. The third kappa shape index (κ3) is 4.52. The van der Waals surface area contributed by atoms with Gasteiger partial charge in [-0.05, 0) is 18.3 Å². The molecule has 0 bridgehead atoms. The SMILES string of the molecule is CN(C)C(=O)CC1(CC(=O)Nc2nccs2)CCCCC1. The number of hydrogen-bond acceptors (Lipinski definition) is 4. The van der Waals surface area contributed by atoms with Crippen molar-refractivity contribution in [3.8, 4) is 0 Å². The molecule has 1 aromatic heterocycles. The number of aromatic nitrogens is 1. The van der Waals surface area contributed by atoms with E-state index in [4.69, 9.17) is 0 Å². The van der Waals surface area contributed by atoms with E-state index in [1.54, 1.807) is 25.2 Å². The molecule has 1 N–H and O–H groups in total. The highest BCUT2D eigenvalue weighted by molar-refractivity contribution is 7.13. The van der Waals surface area contributed by atoms with E-state index in [-0.39, 0.29) is 17.2 Å². The van der Waals surface area contributed by atoms with Crippen molar-refractivity contribution in [2.75, 3.05) is 19.4 Å². The molecule has 21 heavy (non-hydrogen) atoms. The average molecular weight is 309 g/mol. The first-order valence-corrected chi connectivity index (χ1v) is 8.28. The molecule has 1 aromatic rings. The topological polar surface area (TPSA) is 62.3 Å². The summed E-state index contributed by atoms with van der Waals surface area (Å²) in [6.45, 7) is 0. The largest absolute Gasteiger partial charge is 0.349 e. The van der Waals surface area contributed by atoms with Gasteiger partial charge in [0.25, 0.3) is 0 Å².